The van der Waals surface area contributed by atoms with Gasteiger partial charge in [0.2, 0.25) is 0 Å². The number of hydrogen-bond donors (Lipinski definition) is 1. The second kappa shape index (κ2) is 6.62. The van der Waals surface area contributed by atoms with Gasteiger partial charge in [-0.05, 0) is 62.5 Å². The molecule has 0 bridgehead atoms. The maximum absolute atomic E-state index is 6.41. The van der Waals surface area contributed by atoms with Crippen LogP contribution in [-0.2, 0) is 0 Å². The van der Waals surface area contributed by atoms with Gasteiger partial charge >= 0.3 is 0 Å². The Labute approximate surface area is 159 Å². The summed E-state index contributed by atoms with van der Waals surface area (Å²) in [5.41, 5.74) is 9.55. The standard InChI is InChI=1S/C21H25N5O/c1-25-12-4-7-18(25)21-24-23-20-11-8-14(13-26(20)21)27-19-10-9-17(22)15-5-2-3-6-16(15)19/h2-3,5-6,8,11,13,17-19H,4,7,9-10,12,22H2,1H3/t17-,18+,19+/m0/s1. The highest BCUT2D eigenvalue weighted by Gasteiger charge is 2.28. The number of nitrogens with two attached hydrogens (primary N) is 1. The normalized spacial score (nSPS) is 25.6. The highest BCUT2D eigenvalue weighted by Crippen LogP contribution is 2.38. The highest BCUT2D eigenvalue weighted by molar-refractivity contribution is 5.42. The summed E-state index contributed by atoms with van der Waals surface area (Å²) in [4.78, 5) is 2.35. The number of hydrogen-bond acceptors (Lipinski definition) is 5. The van der Waals surface area contributed by atoms with Gasteiger partial charge in [0.1, 0.15) is 11.9 Å². The van der Waals surface area contributed by atoms with Gasteiger partial charge in [-0.3, -0.25) is 9.30 Å². The van der Waals surface area contributed by atoms with E-state index in [0.29, 0.717) is 6.04 Å². The molecule has 27 heavy (non-hydrogen) atoms. The lowest BCUT2D eigenvalue weighted by molar-refractivity contribution is 0.176. The fourth-order valence-corrected chi connectivity index (χ4v) is 4.49. The lowest BCUT2D eigenvalue weighted by Crippen LogP contribution is -2.23. The Kier molecular flexibility index (Phi) is 4.10. The first-order valence-electron chi connectivity index (χ1n) is 9.76. The third kappa shape index (κ3) is 2.89. The maximum atomic E-state index is 6.41. The molecule has 0 radical (unpaired) electrons. The van der Waals surface area contributed by atoms with E-state index in [-0.39, 0.29) is 12.1 Å². The second-order valence-electron chi connectivity index (χ2n) is 7.71. The van der Waals surface area contributed by atoms with Crippen LogP contribution >= 0.6 is 0 Å². The van der Waals surface area contributed by atoms with Crippen molar-refractivity contribution in [2.75, 3.05) is 13.6 Å². The average molecular weight is 363 g/mol. The summed E-state index contributed by atoms with van der Waals surface area (Å²) in [7, 11) is 2.15. The van der Waals surface area contributed by atoms with Crippen LogP contribution in [0.15, 0.2) is 42.6 Å². The van der Waals surface area contributed by atoms with Crippen molar-refractivity contribution in [3.05, 3.63) is 59.5 Å². The molecule has 5 rings (SSSR count). The van der Waals surface area contributed by atoms with Crippen LogP contribution < -0.4 is 10.5 Å². The topological polar surface area (TPSA) is 68.7 Å². The zero-order valence-electron chi connectivity index (χ0n) is 15.6. The fourth-order valence-electron chi connectivity index (χ4n) is 4.49. The molecule has 1 aromatic carbocycles. The molecular formula is C21H25N5O. The first kappa shape index (κ1) is 16.7. The number of aromatic nitrogens is 3. The molecule has 2 aliphatic rings. The molecule has 3 aromatic rings. The first-order valence-corrected chi connectivity index (χ1v) is 9.76. The van der Waals surface area contributed by atoms with Gasteiger partial charge in [-0.25, -0.2) is 0 Å². The summed E-state index contributed by atoms with van der Waals surface area (Å²) in [6.07, 6.45) is 6.26. The van der Waals surface area contributed by atoms with Gasteiger partial charge in [0.05, 0.1) is 12.2 Å². The number of nitrogens with zero attached hydrogens (tertiary/aromatic N) is 4. The smallest absolute Gasteiger partial charge is 0.161 e. The molecule has 0 spiro atoms. The second-order valence-corrected chi connectivity index (χ2v) is 7.71. The molecule has 2 aromatic heterocycles. The Balaban J connectivity index is 1.47. The van der Waals surface area contributed by atoms with Crippen molar-refractivity contribution in [3.63, 3.8) is 0 Å². The minimum atomic E-state index is 0.0348. The number of rotatable bonds is 3. The average Bonchev–Trinajstić information content (AvgIpc) is 3.29. The molecule has 0 unspecified atom stereocenters. The largest absolute Gasteiger partial charge is 0.484 e. The summed E-state index contributed by atoms with van der Waals surface area (Å²) in [5, 5.41) is 8.81. The van der Waals surface area contributed by atoms with E-state index in [4.69, 9.17) is 10.5 Å². The minimum absolute atomic E-state index is 0.0348. The Morgan fingerprint density at radius 2 is 1.89 bits per heavy atom. The number of fused-ring (bicyclic) bond motifs is 2. The van der Waals surface area contributed by atoms with Gasteiger partial charge in [-0.15, -0.1) is 10.2 Å². The van der Waals surface area contributed by atoms with Gasteiger partial charge in [-0.2, -0.15) is 0 Å². The van der Waals surface area contributed by atoms with E-state index in [1.165, 1.54) is 17.5 Å². The van der Waals surface area contributed by atoms with E-state index in [9.17, 15) is 0 Å². The number of likely N-dealkylation sites (tertiary alicyclic amines) is 1. The zero-order chi connectivity index (χ0) is 18.4. The Hall–Kier alpha value is -2.44. The molecule has 1 aliphatic heterocycles. The predicted octanol–water partition coefficient (Wildman–Crippen LogP) is 3.41. The Morgan fingerprint density at radius 3 is 2.70 bits per heavy atom. The lowest BCUT2D eigenvalue weighted by atomic mass is 9.86. The van der Waals surface area contributed by atoms with Gasteiger partial charge in [0, 0.05) is 6.04 Å². The Morgan fingerprint density at radius 1 is 1.04 bits per heavy atom. The van der Waals surface area contributed by atoms with Crippen LogP contribution in [0.25, 0.3) is 5.65 Å². The van der Waals surface area contributed by atoms with E-state index in [1.807, 2.05) is 18.3 Å². The van der Waals surface area contributed by atoms with Gasteiger partial charge < -0.3 is 10.5 Å². The Bertz CT molecular complexity index is 968. The molecule has 2 N–H and O–H groups in total. The van der Waals surface area contributed by atoms with Crippen molar-refractivity contribution in [1.29, 1.82) is 0 Å². The molecule has 1 aliphatic carbocycles. The molecule has 1 fully saturated rings. The van der Waals surface area contributed by atoms with Crippen LogP contribution in [0.2, 0.25) is 0 Å². The van der Waals surface area contributed by atoms with Crippen LogP contribution in [-0.4, -0.2) is 33.1 Å². The monoisotopic (exact) mass is 363 g/mol. The summed E-state index contributed by atoms with van der Waals surface area (Å²) in [6.45, 7) is 1.11. The molecule has 1 saturated heterocycles. The van der Waals surface area contributed by atoms with E-state index >= 15 is 0 Å². The van der Waals surface area contributed by atoms with Crippen LogP contribution in [0.3, 0.4) is 0 Å². The van der Waals surface area contributed by atoms with Crippen LogP contribution in [0.5, 0.6) is 5.75 Å². The van der Waals surface area contributed by atoms with Crippen LogP contribution in [0, 0.1) is 0 Å². The predicted molar refractivity (Wildman–Crippen MR) is 104 cm³/mol. The fraction of sp³-hybridized carbons (Fsp3) is 0.429. The maximum Gasteiger partial charge on any atom is 0.161 e. The van der Waals surface area contributed by atoms with Crippen molar-refractivity contribution >= 4 is 5.65 Å². The van der Waals surface area contributed by atoms with Gasteiger partial charge in [-0.1, -0.05) is 24.3 Å². The summed E-state index contributed by atoms with van der Waals surface area (Å²) in [6, 6.07) is 12.8. The van der Waals surface area contributed by atoms with Crippen molar-refractivity contribution in [2.24, 2.45) is 5.73 Å². The molecule has 3 atom stereocenters. The summed E-state index contributed by atoms with van der Waals surface area (Å²) >= 11 is 0. The first-order chi connectivity index (χ1) is 13.2. The number of benzene rings is 1. The summed E-state index contributed by atoms with van der Waals surface area (Å²) in [5.74, 6) is 1.85. The van der Waals surface area contributed by atoms with Crippen molar-refractivity contribution < 1.29 is 4.74 Å². The van der Waals surface area contributed by atoms with Crippen molar-refractivity contribution in [2.45, 2.75) is 43.9 Å². The van der Waals surface area contributed by atoms with E-state index in [1.54, 1.807) is 0 Å². The molecular weight excluding hydrogens is 338 g/mol. The van der Waals surface area contributed by atoms with Crippen LogP contribution in [0.1, 0.15) is 60.8 Å². The highest BCUT2D eigenvalue weighted by atomic mass is 16.5. The number of pyridine rings is 1. The quantitative estimate of drug-likeness (QED) is 0.772. The molecule has 6 nitrogen and oxygen atoms in total. The third-order valence-electron chi connectivity index (χ3n) is 5.98. The molecule has 3 heterocycles. The lowest BCUT2D eigenvalue weighted by Gasteiger charge is -2.30. The van der Waals surface area contributed by atoms with Crippen molar-refractivity contribution in [1.82, 2.24) is 19.5 Å². The van der Waals surface area contributed by atoms with Gasteiger partial charge in [0.25, 0.3) is 0 Å². The SMILES string of the molecule is CN1CCC[C@@H]1c1nnc2ccc(O[C@@H]3CC[C@H](N)c4ccccc43)cn12. The van der Waals surface area contributed by atoms with E-state index in [2.05, 4.69) is 50.8 Å². The molecule has 140 valence electrons. The molecule has 6 heteroatoms. The number of ether oxygens (including phenoxy) is 1. The molecule has 0 amide bonds. The van der Waals surface area contributed by atoms with Gasteiger partial charge in [0.15, 0.2) is 11.5 Å². The minimum Gasteiger partial charge on any atom is -0.484 e. The van der Waals surface area contributed by atoms with Crippen molar-refractivity contribution in [3.8, 4) is 5.75 Å². The van der Waals surface area contributed by atoms with E-state index < -0.39 is 0 Å². The third-order valence-corrected chi connectivity index (χ3v) is 5.98. The van der Waals surface area contributed by atoms with E-state index in [0.717, 1.165) is 43.0 Å². The zero-order valence-corrected chi connectivity index (χ0v) is 15.6. The molecule has 0 saturated carbocycles. The summed E-state index contributed by atoms with van der Waals surface area (Å²) < 4.78 is 8.49. The van der Waals surface area contributed by atoms with Crippen LogP contribution in [0.4, 0.5) is 0 Å².